The van der Waals surface area contributed by atoms with E-state index in [0.717, 1.165) is 36.9 Å². The van der Waals surface area contributed by atoms with E-state index in [4.69, 9.17) is 9.47 Å². The summed E-state index contributed by atoms with van der Waals surface area (Å²) >= 11 is 0. The first-order chi connectivity index (χ1) is 16.1. The fourth-order valence-electron chi connectivity index (χ4n) is 4.71. The van der Waals surface area contributed by atoms with Gasteiger partial charge in [-0.2, -0.15) is 0 Å². The number of benzene rings is 2. The molecule has 33 heavy (non-hydrogen) atoms. The Morgan fingerprint density at radius 3 is 2.64 bits per heavy atom. The number of hydrogen-bond donors (Lipinski definition) is 2. The zero-order valence-corrected chi connectivity index (χ0v) is 18.3. The molecule has 0 aromatic heterocycles. The third kappa shape index (κ3) is 4.65. The minimum Gasteiger partial charge on any atom is -0.454 e. The molecule has 0 bridgehead atoms. The SMILES string of the molecule is O=C(NCc1cccc(NC(=O)C2CCCC2)c1)C1CC(=O)N(c2ccc3c(c2)OCO3)C1. The van der Waals surface area contributed by atoms with Crippen molar-refractivity contribution in [2.75, 3.05) is 23.6 Å². The van der Waals surface area contributed by atoms with E-state index in [2.05, 4.69) is 10.6 Å². The maximum absolute atomic E-state index is 12.8. The third-order valence-electron chi connectivity index (χ3n) is 6.55. The summed E-state index contributed by atoms with van der Waals surface area (Å²) in [7, 11) is 0. The average Bonchev–Trinajstić information content (AvgIpc) is 3.58. The molecule has 2 aromatic carbocycles. The van der Waals surface area contributed by atoms with Gasteiger partial charge in [-0.05, 0) is 42.7 Å². The van der Waals surface area contributed by atoms with Crippen LogP contribution in [0.3, 0.4) is 0 Å². The van der Waals surface area contributed by atoms with Gasteiger partial charge in [0.05, 0.1) is 5.92 Å². The van der Waals surface area contributed by atoms with Gasteiger partial charge in [-0.3, -0.25) is 14.4 Å². The van der Waals surface area contributed by atoms with Crippen LogP contribution in [-0.2, 0) is 20.9 Å². The van der Waals surface area contributed by atoms with E-state index >= 15 is 0 Å². The van der Waals surface area contributed by atoms with Crippen LogP contribution in [0.5, 0.6) is 11.5 Å². The number of carbonyl (C=O) groups excluding carboxylic acids is 3. The summed E-state index contributed by atoms with van der Waals surface area (Å²) in [5.74, 6) is 0.753. The van der Waals surface area contributed by atoms with Crippen LogP contribution >= 0.6 is 0 Å². The summed E-state index contributed by atoms with van der Waals surface area (Å²) in [6.45, 7) is 0.825. The zero-order valence-electron chi connectivity index (χ0n) is 18.3. The molecule has 2 fully saturated rings. The molecule has 8 nitrogen and oxygen atoms in total. The van der Waals surface area contributed by atoms with E-state index in [1.165, 1.54) is 0 Å². The molecule has 2 aliphatic heterocycles. The first-order valence-corrected chi connectivity index (χ1v) is 11.4. The van der Waals surface area contributed by atoms with Crippen molar-refractivity contribution in [3.05, 3.63) is 48.0 Å². The highest BCUT2D eigenvalue weighted by Crippen LogP contribution is 2.37. The predicted molar refractivity (Wildman–Crippen MR) is 122 cm³/mol. The van der Waals surface area contributed by atoms with Gasteiger partial charge in [0.1, 0.15) is 0 Å². The first kappa shape index (κ1) is 21.3. The molecular formula is C25H27N3O5. The average molecular weight is 450 g/mol. The molecule has 0 radical (unpaired) electrons. The van der Waals surface area contributed by atoms with Gasteiger partial charge in [-0.1, -0.05) is 25.0 Å². The lowest BCUT2D eigenvalue weighted by Crippen LogP contribution is -2.32. The quantitative estimate of drug-likeness (QED) is 0.706. The van der Waals surface area contributed by atoms with Crippen LogP contribution < -0.4 is 25.0 Å². The Morgan fingerprint density at radius 2 is 1.79 bits per heavy atom. The molecule has 1 saturated carbocycles. The summed E-state index contributed by atoms with van der Waals surface area (Å²) in [5.41, 5.74) is 2.33. The van der Waals surface area contributed by atoms with Crippen molar-refractivity contribution >= 4 is 29.1 Å². The Balaban J connectivity index is 1.16. The molecule has 1 unspecified atom stereocenters. The molecule has 1 aliphatic carbocycles. The van der Waals surface area contributed by atoms with E-state index in [1.807, 2.05) is 24.3 Å². The maximum Gasteiger partial charge on any atom is 0.231 e. The number of carbonyl (C=O) groups is 3. The van der Waals surface area contributed by atoms with Crippen molar-refractivity contribution in [2.45, 2.75) is 38.6 Å². The van der Waals surface area contributed by atoms with E-state index in [9.17, 15) is 14.4 Å². The molecule has 1 saturated heterocycles. The van der Waals surface area contributed by atoms with Crippen molar-refractivity contribution in [3.63, 3.8) is 0 Å². The lowest BCUT2D eigenvalue weighted by molar-refractivity contribution is -0.126. The van der Waals surface area contributed by atoms with Gasteiger partial charge in [-0.15, -0.1) is 0 Å². The Hall–Kier alpha value is -3.55. The van der Waals surface area contributed by atoms with Crippen LogP contribution in [0.1, 0.15) is 37.7 Å². The molecule has 172 valence electrons. The molecule has 3 aliphatic rings. The Bertz CT molecular complexity index is 1080. The van der Waals surface area contributed by atoms with Gasteiger partial charge in [-0.25, -0.2) is 0 Å². The van der Waals surface area contributed by atoms with Crippen LogP contribution in [0, 0.1) is 11.8 Å². The highest BCUT2D eigenvalue weighted by molar-refractivity contribution is 6.00. The second kappa shape index (κ2) is 9.13. The Kier molecular flexibility index (Phi) is 5.90. The van der Waals surface area contributed by atoms with Crippen LogP contribution in [0.4, 0.5) is 11.4 Å². The molecule has 1 atom stereocenters. The predicted octanol–water partition coefficient (Wildman–Crippen LogP) is 3.21. The van der Waals surface area contributed by atoms with E-state index in [0.29, 0.717) is 30.3 Å². The third-order valence-corrected chi connectivity index (χ3v) is 6.55. The van der Waals surface area contributed by atoms with Crippen LogP contribution in [0.15, 0.2) is 42.5 Å². The van der Waals surface area contributed by atoms with Crippen LogP contribution in [0.2, 0.25) is 0 Å². The molecule has 2 heterocycles. The normalized spacial score (nSPS) is 19.7. The highest BCUT2D eigenvalue weighted by Gasteiger charge is 2.35. The standard InChI is InChI=1S/C25H27N3O5/c29-23-11-18(14-28(23)20-8-9-21-22(12-20)33-15-32-21)24(30)26-13-16-4-3-7-19(10-16)27-25(31)17-5-1-2-6-17/h3-4,7-10,12,17-18H,1-2,5-6,11,13-15H2,(H,26,30)(H,27,31). The molecule has 8 heteroatoms. The number of rotatable bonds is 6. The zero-order chi connectivity index (χ0) is 22.8. The molecule has 2 aromatic rings. The lowest BCUT2D eigenvalue weighted by atomic mass is 10.1. The van der Waals surface area contributed by atoms with E-state index in [1.54, 1.807) is 23.1 Å². The highest BCUT2D eigenvalue weighted by atomic mass is 16.7. The Morgan fingerprint density at radius 1 is 0.970 bits per heavy atom. The van der Waals surface area contributed by atoms with Crippen molar-refractivity contribution < 1.29 is 23.9 Å². The monoisotopic (exact) mass is 449 g/mol. The van der Waals surface area contributed by atoms with Gasteiger partial charge in [0, 0.05) is 42.9 Å². The summed E-state index contributed by atoms with van der Waals surface area (Å²) in [4.78, 5) is 39.3. The number of ether oxygens (including phenoxy) is 2. The van der Waals surface area contributed by atoms with Gasteiger partial charge >= 0.3 is 0 Å². The molecule has 0 spiro atoms. The topological polar surface area (TPSA) is 97.0 Å². The number of amides is 3. The number of anilines is 2. The smallest absolute Gasteiger partial charge is 0.231 e. The van der Waals surface area contributed by atoms with Crippen LogP contribution in [-0.4, -0.2) is 31.1 Å². The van der Waals surface area contributed by atoms with Crippen molar-refractivity contribution in [1.29, 1.82) is 0 Å². The van der Waals surface area contributed by atoms with Gasteiger partial charge < -0.3 is 25.0 Å². The molecular weight excluding hydrogens is 422 g/mol. The first-order valence-electron chi connectivity index (χ1n) is 11.4. The summed E-state index contributed by atoms with van der Waals surface area (Å²) in [6, 6.07) is 12.9. The largest absolute Gasteiger partial charge is 0.454 e. The number of nitrogens with one attached hydrogen (secondary N) is 2. The van der Waals surface area contributed by atoms with E-state index in [-0.39, 0.29) is 36.9 Å². The minimum absolute atomic E-state index is 0.0711. The fraction of sp³-hybridized carbons (Fsp3) is 0.400. The number of fused-ring (bicyclic) bond motifs is 1. The number of hydrogen-bond acceptors (Lipinski definition) is 5. The van der Waals surface area contributed by atoms with Gasteiger partial charge in [0.25, 0.3) is 0 Å². The van der Waals surface area contributed by atoms with Crippen molar-refractivity contribution in [3.8, 4) is 11.5 Å². The van der Waals surface area contributed by atoms with Gasteiger partial charge in [0.15, 0.2) is 11.5 Å². The second-order valence-electron chi connectivity index (χ2n) is 8.83. The lowest BCUT2D eigenvalue weighted by Gasteiger charge is -2.17. The summed E-state index contributed by atoms with van der Waals surface area (Å²) < 4.78 is 10.7. The summed E-state index contributed by atoms with van der Waals surface area (Å²) in [6.07, 6.45) is 4.29. The van der Waals surface area contributed by atoms with Crippen molar-refractivity contribution in [2.24, 2.45) is 11.8 Å². The Labute approximate surface area is 192 Å². The molecule has 2 N–H and O–H groups in total. The molecule has 3 amide bonds. The second-order valence-corrected chi connectivity index (χ2v) is 8.83. The maximum atomic E-state index is 12.8. The summed E-state index contributed by atoms with van der Waals surface area (Å²) in [5, 5.41) is 5.93. The number of nitrogens with zero attached hydrogens (tertiary/aromatic N) is 1. The van der Waals surface area contributed by atoms with Crippen LogP contribution in [0.25, 0.3) is 0 Å². The minimum atomic E-state index is -0.423. The van der Waals surface area contributed by atoms with E-state index < -0.39 is 5.92 Å². The molecule has 5 rings (SSSR count). The fourth-order valence-corrected chi connectivity index (χ4v) is 4.71. The van der Waals surface area contributed by atoms with Crippen molar-refractivity contribution in [1.82, 2.24) is 5.32 Å². The van der Waals surface area contributed by atoms with Gasteiger partial charge in [0.2, 0.25) is 24.5 Å².